The van der Waals surface area contributed by atoms with Crippen LogP contribution in [0.2, 0.25) is 0 Å². The van der Waals surface area contributed by atoms with Gasteiger partial charge in [0.1, 0.15) is 0 Å². The summed E-state index contributed by atoms with van der Waals surface area (Å²) in [5.41, 5.74) is 0.0747. The van der Waals surface area contributed by atoms with Crippen LogP contribution >= 0.6 is 0 Å². The molecule has 2 rings (SSSR count). The zero-order valence-electron chi connectivity index (χ0n) is 5.59. The number of nitrogens with zero attached hydrogens (tertiary/aromatic N) is 2. The van der Waals surface area contributed by atoms with Gasteiger partial charge in [-0.25, -0.2) is 0 Å². The maximum absolute atomic E-state index is 4.06. The van der Waals surface area contributed by atoms with E-state index in [0.717, 1.165) is 19.5 Å². The quantitative estimate of drug-likeness (QED) is 0.510. The molecule has 1 saturated heterocycles. The largest absolute Gasteiger partial charge is 0.316 e. The second-order valence-electron chi connectivity index (χ2n) is 2.93. The van der Waals surface area contributed by atoms with E-state index in [-0.39, 0.29) is 5.66 Å². The van der Waals surface area contributed by atoms with Crippen LogP contribution in [0.5, 0.6) is 0 Å². The van der Waals surface area contributed by atoms with E-state index < -0.39 is 0 Å². The van der Waals surface area contributed by atoms with Gasteiger partial charge in [-0.15, -0.1) is 0 Å². The Labute approximate surface area is 54.5 Å². The first-order valence-electron chi connectivity index (χ1n) is 3.48. The number of hydrogen-bond donors (Lipinski definition) is 1. The summed E-state index contributed by atoms with van der Waals surface area (Å²) in [6.07, 6.45) is 1.11. The first kappa shape index (κ1) is 5.35. The molecule has 1 fully saturated rings. The average Bonchev–Trinajstić information content (AvgIpc) is 2.60. The monoisotopic (exact) mass is 125 g/mol. The van der Waals surface area contributed by atoms with Crippen molar-refractivity contribution >= 4 is 0 Å². The maximum atomic E-state index is 4.06. The molecule has 2 heterocycles. The molecule has 0 amide bonds. The molecule has 0 aliphatic carbocycles. The Kier molecular flexibility index (Phi) is 0.913. The van der Waals surface area contributed by atoms with Gasteiger partial charge in [0, 0.05) is 18.9 Å². The Hall–Kier alpha value is -0.440. The second kappa shape index (κ2) is 1.53. The minimum absolute atomic E-state index is 0.0747. The van der Waals surface area contributed by atoms with Gasteiger partial charge in [-0.05, 0) is 6.54 Å². The lowest BCUT2D eigenvalue weighted by Gasteiger charge is -2.24. The van der Waals surface area contributed by atoms with Crippen LogP contribution in [0, 0.1) is 5.92 Å². The average molecular weight is 125 g/mol. The Morgan fingerprint density at radius 1 is 1.56 bits per heavy atom. The van der Waals surface area contributed by atoms with Crippen LogP contribution in [0.15, 0.2) is 10.2 Å². The molecule has 50 valence electrons. The summed E-state index contributed by atoms with van der Waals surface area (Å²) in [7, 11) is 0. The molecule has 0 aromatic carbocycles. The summed E-state index contributed by atoms with van der Waals surface area (Å²) in [6.45, 7) is 4.36. The van der Waals surface area contributed by atoms with Crippen molar-refractivity contribution in [1.82, 2.24) is 5.32 Å². The van der Waals surface area contributed by atoms with E-state index >= 15 is 0 Å². The second-order valence-corrected chi connectivity index (χ2v) is 2.93. The fourth-order valence-electron chi connectivity index (χ4n) is 1.36. The number of rotatable bonds is 0. The molecule has 2 aliphatic heterocycles. The van der Waals surface area contributed by atoms with Crippen LogP contribution in [0.4, 0.5) is 0 Å². The Morgan fingerprint density at radius 3 is 2.78 bits per heavy atom. The van der Waals surface area contributed by atoms with Crippen molar-refractivity contribution in [2.75, 3.05) is 13.1 Å². The minimum Gasteiger partial charge on any atom is -0.316 e. The molecule has 1 atom stereocenters. The molecule has 0 bridgehead atoms. The van der Waals surface area contributed by atoms with E-state index in [1.807, 2.05) is 0 Å². The van der Waals surface area contributed by atoms with Crippen LogP contribution in [0.3, 0.4) is 0 Å². The molecule has 0 aromatic rings. The van der Waals surface area contributed by atoms with E-state index in [0.29, 0.717) is 5.92 Å². The summed E-state index contributed by atoms with van der Waals surface area (Å²) in [4.78, 5) is 0. The van der Waals surface area contributed by atoms with E-state index in [9.17, 15) is 0 Å². The Morgan fingerprint density at radius 2 is 2.33 bits per heavy atom. The van der Waals surface area contributed by atoms with Crippen LogP contribution in [-0.4, -0.2) is 18.8 Å². The van der Waals surface area contributed by atoms with Crippen molar-refractivity contribution in [2.45, 2.75) is 19.0 Å². The third kappa shape index (κ3) is 0.678. The molecule has 1 unspecified atom stereocenters. The SMILES string of the molecule is CC1CNCCC12N=N2. The first-order valence-corrected chi connectivity index (χ1v) is 3.48. The van der Waals surface area contributed by atoms with Crippen LogP contribution in [0.25, 0.3) is 0 Å². The lowest BCUT2D eigenvalue weighted by molar-refractivity contribution is 0.307. The lowest BCUT2D eigenvalue weighted by Crippen LogP contribution is -2.40. The standard InChI is InChI=1S/C6H11N3/c1-5-4-7-3-2-6(5)8-9-6/h5,7H,2-4H2,1H3. The molecule has 3 nitrogen and oxygen atoms in total. The molecule has 0 aromatic heterocycles. The highest BCUT2D eigenvalue weighted by Gasteiger charge is 2.46. The van der Waals surface area contributed by atoms with Gasteiger partial charge in [0.15, 0.2) is 5.66 Å². The van der Waals surface area contributed by atoms with Gasteiger partial charge < -0.3 is 5.32 Å². The molecule has 2 aliphatic rings. The van der Waals surface area contributed by atoms with Crippen molar-refractivity contribution in [3.05, 3.63) is 0 Å². The van der Waals surface area contributed by atoms with Crippen molar-refractivity contribution in [3.8, 4) is 0 Å². The van der Waals surface area contributed by atoms with Gasteiger partial charge in [-0.2, -0.15) is 10.2 Å². The summed E-state index contributed by atoms with van der Waals surface area (Å²) < 4.78 is 0. The highest BCUT2D eigenvalue weighted by Crippen LogP contribution is 2.40. The maximum Gasteiger partial charge on any atom is 0.195 e. The fourth-order valence-corrected chi connectivity index (χ4v) is 1.36. The third-order valence-electron chi connectivity index (χ3n) is 2.27. The van der Waals surface area contributed by atoms with E-state index in [1.165, 1.54) is 0 Å². The topological polar surface area (TPSA) is 36.8 Å². The smallest absolute Gasteiger partial charge is 0.195 e. The Balaban J connectivity index is 2.04. The molecule has 9 heavy (non-hydrogen) atoms. The number of nitrogens with one attached hydrogen (secondary N) is 1. The summed E-state index contributed by atoms with van der Waals surface area (Å²) in [5, 5.41) is 11.4. The third-order valence-corrected chi connectivity index (χ3v) is 2.27. The first-order chi connectivity index (χ1) is 4.33. The molecular weight excluding hydrogens is 114 g/mol. The molecule has 3 heteroatoms. The lowest BCUT2D eigenvalue weighted by atomic mass is 9.92. The highest BCUT2D eigenvalue weighted by atomic mass is 15.5. The van der Waals surface area contributed by atoms with Crippen molar-refractivity contribution in [1.29, 1.82) is 0 Å². The number of hydrogen-bond acceptors (Lipinski definition) is 3. The summed E-state index contributed by atoms with van der Waals surface area (Å²) >= 11 is 0. The number of piperidine rings is 1. The minimum atomic E-state index is 0.0747. The zero-order valence-corrected chi connectivity index (χ0v) is 5.59. The van der Waals surface area contributed by atoms with Crippen molar-refractivity contribution in [2.24, 2.45) is 16.1 Å². The molecule has 0 saturated carbocycles. The summed E-state index contributed by atoms with van der Waals surface area (Å²) in [5.74, 6) is 0.617. The van der Waals surface area contributed by atoms with Crippen LogP contribution in [-0.2, 0) is 0 Å². The zero-order chi connectivity index (χ0) is 6.32. The van der Waals surface area contributed by atoms with Gasteiger partial charge in [-0.3, -0.25) is 0 Å². The van der Waals surface area contributed by atoms with E-state index in [4.69, 9.17) is 0 Å². The predicted molar refractivity (Wildman–Crippen MR) is 34.2 cm³/mol. The normalized spacial score (nSPS) is 37.2. The Bertz CT molecular complexity index is 146. The molecule has 0 radical (unpaired) electrons. The van der Waals surface area contributed by atoms with Crippen LogP contribution in [0.1, 0.15) is 13.3 Å². The molecule has 1 spiro atoms. The van der Waals surface area contributed by atoms with Crippen molar-refractivity contribution < 1.29 is 0 Å². The van der Waals surface area contributed by atoms with Gasteiger partial charge in [0.2, 0.25) is 0 Å². The fraction of sp³-hybridized carbons (Fsp3) is 1.00. The molecular formula is C6H11N3. The van der Waals surface area contributed by atoms with Gasteiger partial charge in [0.25, 0.3) is 0 Å². The highest BCUT2D eigenvalue weighted by molar-refractivity contribution is 5.01. The van der Waals surface area contributed by atoms with Gasteiger partial charge in [0.05, 0.1) is 0 Å². The van der Waals surface area contributed by atoms with E-state index in [2.05, 4.69) is 22.5 Å². The van der Waals surface area contributed by atoms with Gasteiger partial charge in [-0.1, -0.05) is 6.92 Å². The predicted octanol–water partition coefficient (Wildman–Crippen LogP) is 0.778. The van der Waals surface area contributed by atoms with Crippen LogP contribution < -0.4 is 5.32 Å². The van der Waals surface area contributed by atoms with Crippen molar-refractivity contribution in [3.63, 3.8) is 0 Å². The van der Waals surface area contributed by atoms with E-state index in [1.54, 1.807) is 0 Å². The molecule has 1 N–H and O–H groups in total. The van der Waals surface area contributed by atoms with Gasteiger partial charge >= 0.3 is 0 Å². The summed E-state index contributed by atoms with van der Waals surface area (Å²) in [6, 6.07) is 0.